The fraction of sp³-hybridized carbons (Fsp3) is 0.250. The van der Waals surface area contributed by atoms with Crippen molar-refractivity contribution in [2.75, 3.05) is 7.05 Å². The predicted octanol–water partition coefficient (Wildman–Crippen LogP) is 3.92. The molecule has 0 radical (unpaired) electrons. The van der Waals surface area contributed by atoms with E-state index in [4.69, 9.17) is 0 Å². The maximum Gasteiger partial charge on any atom is 0.194 e. The Hall–Kier alpha value is -1.81. The van der Waals surface area contributed by atoms with E-state index in [-0.39, 0.29) is 6.04 Å². The van der Waals surface area contributed by atoms with E-state index in [1.54, 1.807) is 7.05 Å². The van der Waals surface area contributed by atoms with Gasteiger partial charge in [-0.3, -0.25) is 0 Å². The predicted molar refractivity (Wildman–Crippen MR) is 73.0 cm³/mol. The number of benzene rings is 2. The van der Waals surface area contributed by atoms with Gasteiger partial charge in [-0.2, -0.15) is 0 Å². The van der Waals surface area contributed by atoms with Crippen LogP contribution in [0.2, 0.25) is 0 Å². The van der Waals surface area contributed by atoms with Gasteiger partial charge in [0.1, 0.15) is 0 Å². The topological polar surface area (TPSA) is 12.0 Å². The molecular weight excluding hydrogens is 263 g/mol. The molecule has 2 aromatic rings. The molecule has 0 bridgehead atoms. The number of hydrogen-bond acceptors (Lipinski definition) is 1. The van der Waals surface area contributed by atoms with Crippen molar-refractivity contribution in [2.24, 2.45) is 0 Å². The van der Waals surface area contributed by atoms with Crippen molar-refractivity contribution < 1.29 is 13.2 Å². The molecule has 2 rings (SSSR count). The average molecular weight is 279 g/mol. The smallest absolute Gasteiger partial charge is 0.194 e. The van der Waals surface area contributed by atoms with E-state index in [2.05, 4.69) is 5.32 Å². The summed E-state index contributed by atoms with van der Waals surface area (Å²) >= 11 is 0. The molecule has 0 aromatic heterocycles. The second kappa shape index (κ2) is 6.09. The molecule has 0 aliphatic rings. The minimum atomic E-state index is -1.43. The van der Waals surface area contributed by atoms with Crippen molar-refractivity contribution in [3.63, 3.8) is 0 Å². The summed E-state index contributed by atoms with van der Waals surface area (Å²) in [6, 6.07) is 9.60. The Morgan fingerprint density at radius 2 is 1.65 bits per heavy atom. The molecule has 1 atom stereocenters. The van der Waals surface area contributed by atoms with Gasteiger partial charge in [0, 0.05) is 6.04 Å². The van der Waals surface area contributed by atoms with Crippen LogP contribution in [-0.4, -0.2) is 7.05 Å². The molecule has 0 fully saturated rings. The van der Waals surface area contributed by atoms with Crippen LogP contribution in [-0.2, 0) is 6.42 Å². The van der Waals surface area contributed by atoms with Gasteiger partial charge in [-0.05, 0) is 49.2 Å². The van der Waals surface area contributed by atoms with E-state index in [0.717, 1.165) is 23.3 Å². The first-order valence-corrected chi connectivity index (χ1v) is 6.39. The summed E-state index contributed by atoms with van der Waals surface area (Å²) in [5, 5.41) is 3.01. The first kappa shape index (κ1) is 14.6. The van der Waals surface area contributed by atoms with Crippen LogP contribution in [0, 0.1) is 24.4 Å². The van der Waals surface area contributed by atoms with E-state index in [0.29, 0.717) is 12.0 Å². The largest absolute Gasteiger partial charge is 0.313 e. The van der Waals surface area contributed by atoms with E-state index in [9.17, 15) is 13.2 Å². The highest BCUT2D eigenvalue weighted by molar-refractivity contribution is 5.30. The number of hydrogen-bond donors (Lipinski definition) is 1. The number of aryl methyl sites for hydroxylation is 1. The van der Waals surface area contributed by atoms with Gasteiger partial charge < -0.3 is 5.32 Å². The van der Waals surface area contributed by atoms with E-state index in [1.807, 2.05) is 31.2 Å². The van der Waals surface area contributed by atoms with Gasteiger partial charge in [0.15, 0.2) is 17.5 Å². The second-order valence-electron chi connectivity index (χ2n) is 4.77. The maximum atomic E-state index is 13.3. The van der Waals surface area contributed by atoms with Crippen LogP contribution >= 0.6 is 0 Å². The molecule has 1 unspecified atom stereocenters. The average Bonchev–Trinajstić information content (AvgIpc) is 2.43. The molecule has 0 amide bonds. The van der Waals surface area contributed by atoms with Gasteiger partial charge in [-0.15, -0.1) is 0 Å². The molecule has 0 saturated heterocycles. The SMILES string of the molecule is CNC(Cc1ccccc1C)c1cc(F)c(F)c(F)c1. The molecular formula is C16H16F3N. The third-order valence-corrected chi connectivity index (χ3v) is 3.44. The monoisotopic (exact) mass is 279 g/mol. The molecule has 1 nitrogen and oxygen atoms in total. The summed E-state index contributed by atoms with van der Waals surface area (Å²) in [5.74, 6) is -3.76. The Morgan fingerprint density at radius 1 is 1.05 bits per heavy atom. The molecule has 0 heterocycles. The van der Waals surface area contributed by atoms with Gasteiger partial charge in [-0.1, -0.05) is 24.3 Å². The van der Waals surface area contributed by atoms with Crippen LogP contribution in [0.4, 0.5) is 13.2 Å². The fourth-order valence-electron chi connectivity index (χ4n) is 2.22. The van der Waals surface area contributed by atoms with Crippen molar-refractivity contribution in [3.05, 3.63) is 70.5 Å². The van der Waals surface area contributed by atoms with Crippen LogP contribution in [0.25, 0.3) is 0 Å². The normalized spacial score (nSPS) is 12.4. The van der Waals surface area contributed by atoms with E-state index in [1.165, 1.54) is 0 Å². The Balaban J connectivity index is 2.31. The van der Waals surface area contributed by atoms with Gasteiger partial charge in [-0.25, -0.2) is 13.2 Å². The summed E-state index contributed by atoms with van der Waals surface area (Å²) in [6.07, 6.45) is 0.577. The summed E-state index contributed by atoms with van der Waals surface area (Å²) in [5.41, 5.74) is 2.58. The molecule has 4 heteroatoms. The van der Waals surface area contributed by atoms with Gasteiger partial charge in [0.25, 0.3) is 0 Å². The minimum Gasteiger partial charge on any atom is -0.313 e. The van der Waals surface area contributed by atoms with E-state index < -0.39 is 17.5 Å². The second-order valence-corrected chi connectivity index (χ2v) is 4.77. The zero-order chi connectivity index (χ0) is 14.7. The number of likely N-dealkylation sites (N-methyl/N-ethyl adjacent to an activating group) is 1. The lowest BCUT2D eigenvalue weighted by Gasteiger charge is -2.18. The molecule has 0 aliphatic carbocycles. The summed E-state index contributed by atoms with van der Waals surface area (Å²) in [7, 11) is 1.71. The third-order valence-electron chi connectivity index (χ3n) is 3.44. The van der Waals surface area contributed by atoms with Crippen LogP contribution in [0.3, 0.4) is 0 Å². The summed E-state index contributed by atoms with van der Waals surface area (Å²) < 4.78 is 39.6. The molecule has 1 N–H and O–H groups in total. The molecule has 0 spiro atoms. The highest BCUT2D eigenvalue weighted by Crippen LogP contribution is 2.23. The standard InChI is InChI=1S/C16H16F3N/c1-10-5-3-4-6-11(10)9-15(20-2)12-7-13(17)16(19)14(18)8-12/h3-8,15,20H,9H2,1-2H3. The van der Waals surface area contributed by atoms with E-state index >= 15 is 0 Å². The highest BCUT2D eigenvalue weighted by atomic mass is 19.2. The quantitative estimate of drug-likeness (QED) is 0.837. The fourth-order valence-corrected chi connectivity index (χ4v) is 2.22. The lowest BCUT2D eigenvalue weighted by Crippen LogP contribution is -2.20. The molecule has 20 heavy (non-hydrogen) atoms. The molecule has 0 saturated carbocycles. The molecule has 2 aromatic carbocycles. The Kier molecular flexibility index (Phi) is 4.45. The third kappa shape index (κ3) is 3.02. The molecule has 106 valence electrons. The first-order chi connectivity index (χ1) is 9.52. The zero-order valence-electron chi connectivity index (χ0n) is 11.4. The van der Waals surface area contributed by atoms with Crippen LogP contribution < -0.4 is 5.32 Å². The number of nitrogens with one attached hydrogen (secondary N) is 1. The Bertz CT molecular complexity index is 587. The van der Waals surface area contributed by atoms with Gasteiger partial charge >= 0.3 is 0 Å². The lowest BCUT2D eigenvalue weighted by atomic mass is 9.96. The first-order valence-electron chi connectivity index (χ1n) is 6.39. The number of rotatable bonds is 4. The number of halogens is 3. The minimum absolute atomic E-state index is 0.277. The van der Waals surface area contributed by atoms with Crippen molar-refractivity contribution in [1.82, 2.24) is 5.32 Å². The van der Waals surface area contributed by atoms with Gasteiger partial charge in [0.05, 0.1) is 0 Å². The Morgan fingerprint density at radius 3 is 2.20 bits per heavy atom. The van der Waals surface area contributed by atoms with Crippen LogP contribution in [0.5, 0.6) is 0 Å². The maximum absolute atomic E-state index is 13.3. The van der Waals surface area contributed by atoms with Crippen molar-refractivity contribution in [2.45, 2.75) is 19.4 Å². The molecule has 0 aliphatic heterocycles. The van der Waals surface area contributed by atoms with Crippen molar-refractivity contribution >= 4 is 0 Å². The zero-order valence-corrected chi connectivity index (χ0v) is 11.4. The van der Waals surface area contributed by atoms with Crippen LogP contribution in [0.1, 0.15) is 22.7 Å². The highest BCUT2D eigenvalue weighted by Gasteiger charge is 2.17. The summed E-state index contributed by atoms with van der Waals surface area (Å²) in [6.45, 7) is 1.98. The lowest BCUT2D eigenvalue weighted by molar-refractivity contribution is 0.441. The van der Waals surface area contributed by atoms with Crippen molar-refractivity contribution in [1.29, 1.82) is 0 Å². The Labute approximate surface area is 116 Å². The van der Waals surface area contributed by atoms with Crippen molar-refractivity contribution in [3.8, 4) is 0 Å². The van der Waals surface area contributed by atoms with Gasteiger partial charge in [0.2, 0.25) is 0 Å². The summed E-state index contributed by atoms with van der Waals surface area (Å²) in [4.78, 5) is 0. The van der Waals surface area contributed by atoms with Crippen LogP contribution in [0.15, 0.2) is 36.4 Å².